The summed E-state index contributed by atoms with van der Waals surface area (Å²) in [4.78, 5) is 12.9. The molecule has 0 saturated heterocycles. The van der Waals surface area contributed by atoms with Gasteiger partial charge in [-0.2, -0.15) is 0 Å². The van der Waals surface area contributed by atoms with E-state index in [9.17, 15) is 9.90 Å². The van der Waals surface area contributed by atoms with Crippen LogP contribution in [-0.2, 0) is 9.53 Å². The van der Waals surface area contributed by atoms with Crippen LogP contribution in [0.1, 0.15) is 65.7 Å². The number of aliphatic hydroxyl groups excluding tert-OH is 1. The van der Waals surface area contributed by atoms with Crippen LogP contribution in [0.5, 0.6) is 0 Å². The zero-order valence-corrected chi connectivity index (χ0v) is 15.9. The molecule has 0 aromatic heterocycles. The van der Waals surface area contributed by atoms with Gasteiger partial charge in [0.1, 0.15) is 5.76 Å². The van der Waals surface area contributed by atoms with Crippen LogP contribution < -0.4 is 0 Å². The lowest BCUT2D eigenvalue weighted by Gasteiger charge is -2.56. The summed E-state index contributed by atoms with van der Waals surface area (Å²) in [6, 6.07) is 0. The van der Waals surface area contributed by atoms with Crippen LogP contribution in [0.25, 0.3) is 0 Å². The second-order valence-electron chi connectivity index (χ2n) is 9.20. The van der Waals surface area contributed by atoms with Gasteiger partial charge in [-0.3, -0.25) is 4.79 Å². The van der Waals surface area contributed by atoms with Gasteiger partial charge in [-0.25, -0.2) is 0 Å². The van der Waals surface area contributed by atoms with Crippen molar-refractivity contribution in [1.82, 2.24) is 0 Å². The van der Waals surface area contributed by atoms with Crippen molar-refractivity contribution in [3.05, 3.63) is 23.5 Å². The third kappa shape index (κ3) is 2.38. The summed E-state index contributed by atoms with van der Waals surface area (Å²) in [5.41, 5.74) is 1.06. The van der Waals surface area contributed by atoms with E-state index in [0.717, 1.165) is 32.3 Å². The van der Waals surface area contributed by atoms with Gasteiger partial charge in [0.15, 0.2) is 5.78 Å². The Hall–Kier alpha value is -1.09. The molecule has 1 N–H and O–H groups in total. The number of fused-ring (bicyclic) bond motifs is 5. The standard InChI is InChI=1S/C22H32O3/c1-4-11-25-20-8-7-17-16-6-5-14-12-15(23)13-19(24)22(14,3)18(16)9-10-21(17,20)2/h12-13,16-18,20,23H,4-11H2,1-3H3/t16-,17-,18-,20+,21-,22-/m0/s1. The molecule has 4 aliphatic rings. The molecule has 0 aromatic carbocycles. The summed E-state index contributed by atoms with van der Waals surface area (Å²) in [7, 11) is 0. The first kappa shape index (κ1) is 17.3. The molecule has 0 unspecified atom stereocenters. The predicted octanol–water partition coefficient (Wildman–Crippen LogP) is 4.98. The van der Waals surface area contributed by atoms with Crippen LogP contribution >= 0.6 is 0 Å². The number of carbonyl (C=O) groups is 1. The molecule has 3 fully saturated rings. The smallest absolute Gasteiger partial charge is 0.169 e. The van der Waals surface area contributed by atoms with E-state index < -0.39 is 5.41 Å². The highest BCUT2D eigenvalue weighted by Gasteiger charge is 2.60. The molecule has 0 spiro atoms. The quantitative estimate of drug-likeness (QED) is 0.786. The third-order valence-electron chi connectivity index (χ3n) is 8.14. The molecule has 3 heteroatoms. The number of ketones is 1. The van der Waals surface area contributed by atoms with Crippen LogP contribution in [0, 0.1) is 28.6 Å². The zero-order chi connectivity index (χ0) is 17.8. The van der Waals surface area contributed by atoms with Crippen molar-refractivity contribution in [1.29, 1.82) is 0 Å². The van der Waals surface area contributed by atoms with Crippen molar-refractivity contribution >= 4 is 5.78 Å². The molecule has 0 aromatic rings. The summed E-state index contributed by atoms with van der Waals surface area (Å²) in [5.74, 6) is 1.99. The minimum atomic E-state index is -0.390. The van der Waals surface area contributed by atoms with E-state index in [2.05, 4.69) is 20.8 Å². The van der Waals surface area contributed by atoms with Crippen LogP contribution in [0.2, 0.25) is 0 Å². The van der Waals surface area contributed by atoms with E-state index in [4.69, 9.17) is 4.74 Å². The summed E-state index contributed by atoms with van der Waals surface area (Å²) in [5, 5.41) is 9.88. The van der Waals surface area contributed by atoms with E-state index in [1.807, 2.05) is 6.08 Å². The monoisotopic (exact) mass is 344 g/mol. The maximum Gasteiger partial charge on any atom is 0.169 e. The lowest BCUT2D eigenvalue weighted by Crippen LogP contribution is -2.53. The lowest BCUT2D eigenvalue weighted by atomic mass is 9.47. The molecule has 0 heterocycles. The van der Waals surface area contributed by atoms with Crippen molar-refractivity contribution < 1.29 is 14.6 Å². The van der Waals surface area contributed by atoms with Gasteiger partial charge in [0.25, 0.3) is 0 Å². The minimum Gasteiger partial charge on any atom is -0.508 e. The highest BCUT2D eigenvalue weighted by Crippen LogP contribution is 2.64. The first-order valence-corrected chi connectivity index (χ1v) is 10.2. The van der Waals surface area contributed by atoms with Crippen molar-refractivity contribution in [3.63, 3.8) is 0 Å². The van der Waals surface area contributed by atoms with Gasteiger partial charge in [-0.05, 0) is 81.1 Å². The average molecular weight is 344 g/mol. The molecular formula is C22H32O3. The second-order valence-corrected chi connectivity index (χ2v) is 9.20. The maximum atomic E-state index is 12.9. The number of hydrogen-bond acceptors (Lipinski definition) is 3. The van der Waals surface area contributed by atoms with Gasteiger partial charge in [0, 0.05) is 12.7 Å². The van der Waals surface area contributed by atoms with Gasteiger partial charge in [0.2, 0.25) is 0 Å². The Labute approximate surface area is 151 Å². The van der Waals surface area contributed by atoms with E-state index in [1.165, 1.54) is 30.9 Å². The summed E-state index contributed by atoms with van der Waals surface area (Å²) in [6.45, 7) is 7.64. The number of carbonyl (C=O) groups excluding carboxylic acids is 1. The first-order valence-electron chi connectivity index (χ1n) is 10.2. The van der Waals surface area contributed by atoms with E-state index in [0.29, 0.717) is 23.9 Å². The van der Waals surface area contributed by atoms with Crippen LogP contribution in [0.3, 0.4) is 0 Å². The van der Waals surface area contributed by atoms with Crippen molar-refractivity contribution in [2.75, 3.05) is 6.61 Å². The Morgan fingerprint density at radius 2 is 1.96 bits per heavy atom. The minimum absolute atomic E-state index is 0.123. The molecule has 0 aliphatic heterocycles. The molecule has 6 atom stereocenters. The first-order chi connectivity index (χ1) is 11.9. The Morgan fingerprint density at radius 3 is 2.72 bits per heavy atom. The third-order valence-corrected chi connectivity index (χ3v) is 8.14. The summed E-state index contributed by atoms with van der Waals surface area (Å²) >= 11 is 0. The Morgan fingerprint density at radius 1 is 1.16 bits per heavy atom. The molecule has 3 saturated carbocycles. The SMILES string of the molecule is CCCO[C@@H]1CC[C@H]2[C@@H]3CCC4=CC(O)=CC(=O)[C@]4(C)[C@H]3CC[C@]12C. The van der Waals surface area contributed by atoms with Crippen LogP contribution in [0.15, 0.2) is 23.5 Å². The summed E-state index contributed by atoms with van der Waals surface area (Å²) < 4.78 is 6.25. The molecule has 4 rings (SSSR count). The van der Waals surface area contributed by atoms with Crippen molar-refractivity contribution in [3.8, 4) is 0 Å². The topological polar surface area (TPSA) is 46.5 Å². The molecule has 0 amide bonds. The molecule has 4 aliphatic carbocycles. The maximum absolute atomic E-state index is 12.9. The number of hydrogen-bond donors (Lipinski definition) is 1. The van der Waals surface area contributed by atoms with E-state index in [-0.39, 0.29) is 17.0 Å². The van der Waals surface area contributed by atoms with Crippen molar-refractivity contribution in [2.45, 2.75) is 71.8 Å². The van der Waals surface area contributed by atoms with E-state index >= 15 is 0 Å². The highest BCUT2D eigenvalue weighted by atomic mass is 16.5. The number of aliphatic hydroxyl groups is 1. The fourth-order valence-electron chi connectivity index (χ4n) is 6.78. The van der Waals surface area contributed by atoms with Crippen LogP contribution in [0.4, 0.5) is 0 Å². The Bertz CT molecular complexity index is 633. The Kier molecular flexibility index (Phi) is 4.14. The number of ether oxygens (including phenoxy) is 1. The summed E-state index contributed by atoms with van der Waals surface area (Å²) in [6.07, 6.45) is 11.6. The molecule has 0 radical (unpaired) electrons. The largest absolute Gasteiger partial charge is 0.508 e. The molecule has 25 heavy (non-hydrogen) atoms. The number of allylic oxidation sites excluding steroid dienone is 3. The van der Waals surface area contributed by atoms with Gasteiger partial charge >= 0.3 is 0 Å². The van der Waals surface area contributed by atoms with Gasteiger partial charge < -0.3 is 9.84 Å². The zero-order valence-electron chi connectivity index (χ0n) is 15.9. The highest BCUT2D eigenvalue weighted by molar-refractivity contribution is 5.99. The predicted molar refractivity (Wildman–Crippen MR) is 98.2 cm³/mol. The fraction of sp³-hybridized carbons (Fsp3) is 0.773. The Balaban J connectivity index is 1.62. The molecule has 3 nitrogen and oxygen atoms in total. The van der Waals surface area contributed by atoms with Gasteiger partial charge in [-0.1, -0.05) is 19.4 Å². The van der Waals surface area contributed by atoms with Crippen molar-refractivity contribution in [2.24, 2.45) is 28.6 Å². The van der Waals surface area contributed by atoms with Gasteiger partial charge in [0.05, 0.1) is 11.5 Å². The number of rotatable bonds is 3. The second kappa shape index (κ2) is 5.97. The average Bonchev–Trinajstić information content (AvgIpc) is 2.91. The van der Waals surface area contributed by atoms with Gasteiger partial charge in [-0.15, -0.1) is 0 Å². The fourth-order valence-corrected chi connectivity index (χ4v) is 6.78. The lowest BCUT2D eigenvalue weighted by molar-refractivity contribution is -0.134. The molecule has 0 bridgehead atoms. The van der Waals surface area contributed by atoms with E-state index in [1.54, 1.807) is 0 Å². The normalized spacial score (nSPS) is 46.0. The van der Waals surface area contributed by atoms with Crippen LogP contribution in [-0.4, -0.2) is 23.6 Å². The molecule has 138 valence electrons. The molecular weight excluding hydrogens is 312 g/mol.